The zero-order valence-corrected chi connectivity index (χ0v) is 22.3. The van der Waals surface area contributed by atoms with Crippen molar-refractivity contribution in [2.24, 2.45) is 0 Å². The van der Waals surface area contributed by atoms with Gasteiger partial charge in [0.15, 0.2) is 5.13 Å². The highest BCUT2D eigenvalue weighted by molar-refractivity contribution is 7.99. The van der Waals surface area contributed by atoms with Crippen molar-refractivity contribution < 1.29 is 9.53 Å². The van der Waals surface area contributed by atoms with Crippen LogP contribution in [0.1, 0.15) is 32.8 Å². The average Bonchev–Trinajstić information content (AvgIpc) is 3.21. The van der Waals surface area contributed by atoms with Crippen molar-refractivity contribution in [3.05, 3.63) is 48.0 Å². The molecule has 0 aliphatic carbocycles. The number of benzene rings is 2. The van der Waals surface area contributed by atoms with Crippen LogP contribution in [0.5, 0.6) is 5.75 Å². The number of halogens is 1. The van der Waals surface area contributed by atoms with Crippen LogP contribution in [0.3, 0.4) is 0 Å². The van der Waals surface area contributed by atoms with Crippen molar-refractivity contribution in [3.8, 4) is 5.75 Å². The molecule has 0 unspecified atom stereocenters. The molecule has 33 heavy (non-hydrogen) atoms. The van der Waals surface area contributed by atoms with Crippen LogP contribution in [0.15, 0.2) is 47.4 Å². The summed E-state index contributed by atoms with van der Waals surface area (Å²) in [6, 6.07) is 14.4. The Bertz CT molecular complexity index is 1010. The van der Waals surface area contributed by atoms with E-state index in [0.29, 0.717) is 19.6 Å². The molecule has 0 aliphatic rings. The Morgan fingerprint density at radius 3 is 2.45 bits per heavy atom. The lowest BCUT2D eigenvalue weighted by molar-refractivity contribution is -0.118. The number of fused-ring (bicyclic) bond motifs is 1. The van der Waals surface area contributed by atoms with Gasteiger partial charge in [-0.1, -0.05) is 42.9 Å². The lowest BCUT2D eigenvalue weighted by Crippen LogP contribution is -2.39. The first-order valence-corrected chi connectivity index (χ1v) is 13.1. The maximum absolute atomic E-state index is 13.3. The first kappa shape index (κ1) is 27.4. The van der Waals surface area contributed by atoms with Crippen LogP contribution in [-0.2, 0) is 4.79 Å². The molecular formula is C25H34ClN3O2S2. The standard InChI is InChI=1S/C25H33N3O2S2.ClH/c1-5-27(6-2)15-16-28(24(29)14-17-31-21-11-8-19(4)9-12-21)25-26-22-13-10-20(30-7-3)18-23(22)32-25;/h8-13,18H,5-7,14-17H2,1-4H3;1H. The van der Waals surface area contributed by atoms with Crippen LogP contribution in [0.4, 0.5) is 5.13 Å². The zero-order valence-electron chi connectivity index (χ0n) is 19.9. The van der Waals surface area contributed by atoms with Crippen LogP contribution in [-0.4, -0.2) is 54.3 Å². The molecule has 3 aromatic rings. The van der Waals surface area contributed by atoms with Gasteiger partial charge in [0.1, 0.15) is 5.75 Å². The molecule has 0 N–H and O–H groups in total. The van der Waals surface area contributed by atoms with Crippen LogP contribution >= 0.6 is 35.5 Å². The van der Waals surface area contributed by atoms with Gasteiger partial charge in [0.05, 0.1) is 16.8 Å². The van der Waals surface area contributed by atoms with E-state index in [4.69, 9.17) is 9.72 Å². The third kappa shape index (κ3) is 7.88. The molecule has 1 aromatic heterocycles. The molecule has 1 heterocycles. The molecular weight excluding hydrogens is 474 g/mol. The fourth-order valence-electron chi connectivity index (χ4n) is 3.40. The van der Waals surface area contributed by atoms with Crippen molar-refractivity contribution in [1.82, 2.24) is 9.88 Å². The third-order valence-corrected chi connectivity index (χ3v) is 7.39. The molecule has 0 saturated heterocycles. The van der Waals surface area contributed by atoms with E-state index < -0.39 is 0 Å². The van der Waals surface area contributed by atoms with Crippen molar-refractivity contribution in [2.75, 3.05) is 43.4 Å². The van der Waals surface area contributed by atoms with Crippen LogP contribution in [0.25, 0.3) is 10.2 Å². The molecule has 1 amide bonds. The van der Waals surface area contributed by atoms with E-state index in [9.17, 15) is 4.79 Å². The molecule has 5 nitrogen and oxygen atoms in total. The van der Waals surface area contributed by atoms with Crippen molar-refractivity contribution in [3.63, 3.8) is 0 Å². The molecule has 0 radical (unpaired) electrons. The van der Waals surface area contributed by atoms with E-state index in [1.54, 1.807) is 23.1 Å². The maximum Gasteiger partial charge on any atom is 0.229 e. The van der Waals surface area contributed by atoms with E-state index in [-0.39, 0.29) is 18.3 Å². The largest absolute Gasteiger partial charge is 0.494 e. The summed E-state index contributed by atoms with van der Waals surface area (Å²) in [4.78, 5) is 23.4. The maximum atomic E-state index is 13.3. The quantitative estimate of drug-likeness (QED) is 0.270. The normalized spacial score (nSPS) is 10.9. The summed E-state index contributed by atoms with van der Waals surface area (Å²) < 4.78 is 6.67. The van der Waals surface area contributed by atoms with Gasteiger partial charge in [-0.15, -0.1) is 24.2 Å². The second-order valence-electron chi connectivity index (χ2n) is 7.54. The van der Waals surface area contributed by atoms with Gasteiger partial charge in [0.25, 0.3) is 0 Å². The minimum absolute atomic E-state index is 0. The topological polar surface area (TPSA) is 45.7 Å². The molecule has 0 fully saturated rings. The fraction of sp³-hybridized carbons (Fsp3) is 0.440. The Balaban J connectivity index is 0.00000385. The van der Waals surface area contributed by atoms with Gasteiger partial charge in [0.2, 0.25) is 5.91 Å². The number of hydrogen-bond acceptors (Lipinski definition) is 6. The van der Waals surface area contributed by atoms with Gasteiger partial charge in [-0.25, -0.2) is 4.98 Å². The summed E-state index contributed by atoms with van der Waals surface area (Å²) in [5.74, 6) is 1.72. The van der Waals surface area contributed by atoms with Crippen molar-refractivity contribution >= 4 is 56.8 Å². The summed E-state index contributed by atoms with van der Waals surface area (Å²) in [6.45, 7) is 12.4. The van der Waals surface area contributed by atoms with Crippen molar-refractivity contribution in [2.45, 2.75) is 39.0 Å². The number of aromatic nitrogens is 1. The molecule has 0 spiro atoms. The first-order valence-electron chi connectivity index (χ1n) is 11.3. The number of thioether (sulfide) groups is 1. The summed E-state index contributed by atoms with van der Waals surface area (Å²) in [5.41, 5.74) is 2.15. The number of aryl methyl sites for hydroxylation is 1. The van der Waals surface area contributed by atoms with E-state index >= 15 is 0 Å². The monoisotopic (exact) mass is 507 g/mol. The Morgan fingerprint density at radius 2 is 1.79 bits per heavy atom. The second kappa shape index (κ2) is 13.8. The highest BCUT2D eigenvalue weighted by Crippen LogP contribution is 2.32. The highest BCUT2D eigenvalue weighted by Gasteiger charge is 2.20. The number of nitrogens with zero attached hydrogens (tertiary/aromatic N) is 3. The predicted octanol–water partition coefficient (Wildman–Crippen LogP) is 6.28. The minimum atomic E-state index is 0. The van der Waals surface area contributed by atoms with Gasteiger partial charge in [0, 0.05) is 30.2 Å². The number of carbonyl (C=O) groups is 1. The number of rotatable bonds is 12. The van der Waals surface area contributed by atoms with E-state index in [0.717, 1.165) is 46.5 Å². The van der Waals surface area contributed by atoms with Crippen LogP contribution in [0.2, 0.25) is 0 Å². The lowest BCUT2D eigenvalue weighted by Gasteiger charge is -2.24. The number of likely N-dealkylation sites (N-methyl/N-ethyl adjacent to an activating group) is 1. The Morgan fingerprint density at radius 1 is 1.06 bits per heavy atom. The first-order chi connectivity index (χ1) is 15.5. The summed E-state index contributed by atoms with van der Waals surface area (Å²) >= 11 is 3.29. The highest BCUT2D eigenvalue weighted by atomic mass is 35.5. The Hall–Kier alpha value is -1.80. The molecule has 180 valence electrons. The van der Waals surface area contributed by atoms with Gasteiger partial charge >= 0.3 is 0 Å². The average molecular weight is 508 g/mol. The number of thiazole rings is 1. The minimum Gasteiger partial charge on any atom is -0.494 e. The number of ether oxygens (including phenoxy) is 1. The van der Waals surface area contributed by atoms with E-state index in [1.165, 1.54) is 10.5 Å². The Labute approximate surface area is 211 Å². The molecule has 0 saturated carbocycles. The number of hydrogen-bond donors (Lipinski definition) is 0. The number of amides is 1. The second-order valence-corrected chi connectivity index (χ2v) is 9.72. The SMILES string of the molecule is CCOc1ccc2nc(N(CCN(CC)CC)C(=O)CCSc3ccc(C)cc3)sc2c1.Cl. The third-order valence-electron chi connectivity index (χ3n) is 5.33. The van der Waals surface area contributed by atoms with E-state index in [1.807, 2.05) is 30.0 Å². The molecule has 0 aliphatic heterocycles. The number of carbonyl (C=O) groups excluding carboxylic acids is 1. The van der Waals surface area contributed by atoms with Gasteiger partial charge in [-0.2, -0.15) is 0 Å². The molecule has 0 atom stereocenters. The Kier molecular flexibility index (Phi) is 11.5. The molecule has 8 heteroatoms. The number of anilines is 1. The van der Waals surface area contributed by atoms with Crippen molar-refractivity contribution in [1.29, 1.82) is 0 Å². The van der Waals surface area contributed by atoms with Gasteiger partial charge in [-0.05, 0) is 57.3 Å². The zero-order chi connectivity index (χ0) is 22.9. The summed E-state index contributed by atoms with van der Waals surface area (Å²) in [7, 11) is 0. The van der Waals surface area contributed by atoms with Gasteiger partial charge in [-0.3, -0.25) is 9.69 Å². The van der Waals surface area contributed by atoms with E-state index in [2.05, 4.69) is 49.9 Å². The molecule has 3 rings (SSSR count). The van der Waals surface area contributed by atoms with Crippen LogP contribution in [0, 0.1) is 6.92 Å². The van der Waals surface area contributed by atoms with Crippen LogP contribution < -0.4 is 9.64 Å². The smallest absolute Gasteiger partial charge is 0.229 e. The fourth-order valence-corrected chi connectivity index (χ4v) is 5.28. The summed E-state index contributed by atoms with van der Waals surface area (Å²) in [5, 5.41) is 0.770. The molecule has 2 aromatic carbocycles. The molecule has 0 bridgehead atoms. The predicted molar refractivity (Wildman–Crippen MR) is 145 cm³/mol. The lowest BCUT2D eigenvalue weighted by atomic mass is 10.2. The summed E-state index contributed by atoms with van der Waals surface area (Å²) in [6.07, 6.45) is 0.483. The van der Waals surface area contributed by atoms with Gasteiger partial charge < -0.3 is 9.64 Å².